The van der Waals surface area contributed by atoms with Crippen molar-refractivity contribution >= 4 is 43.8 Å². The van der Waals surface area contributed by atoms with Crippen molar-refractivity contribution in [2.45, 2.75) is 6.92 Å². The summed E-state index contributed by atoms with van der Waals surface area (Å²) < 4.78 is 29.1. The van der Waals surface area contributed by atoms with E-state index in [0.717, 1.165) is 11.3 Å². The van der Waals surface area contributed by atoms with Crippen molar-refractivity contribution in [3.63, 3.8) is 0 Å². The van der Waals surface area contributed by atoms with E-state index in [-0.39, 0.29) is 5.13 Å². The van der Waals surface area contributed by atoms with Crippen LogP contribution in [-0.2, 0) is 19.4 Å². The van der Waals surface area contributed by atoms with Gasteiger partial charge in [0.25, 0.3) is 0 Å². The molecule has 1 aromatic heterocycles. The van der Waals surface area contributed by atoms with Crippen LogP contribution in [0.4, 0.5) is 10.8 Å². The quantitative estimate of drug-likeness (QED) is 0.724. The first kappa shape index (κ1) is 18.8. The number of carbonyl (C=O) groups is 2. The first-order valence-electron chi connectivity index (χ1n) is 7.02. The number of carbonyl (C=O) groups excluding carboxylic acids is 2. The molecule has 2 aromatic rings. The number of benzene rings is 1. The van der Waals surface area contributed by atoms with E-state index in [0.29, 0.717) is 16.4 Å². The third-order valence-electron chi connectivity index (χ3n) is 2.86. The molecule has 2 amide bonds. The highest BCUT2D eigenvalue weighted by atomic mass is 32.2. The molecule has 0 atom stereocenters. The molecule has 2 rings (SSSR count). The molecule has 0 spiro atoms. The minimum atomic E-state index is -3.94. The SMILES string of the molecule is COc1ccccc1NC(=O)CS(=O)(=O)CC(=O)Nc1nnc(C)s1. The van der Waals surface area contributed by atoms with Gasteiger partial charge in [0.05, 0.1) is 12.8 Å². The zero-order valence-electron chi connectivity index (χ0n) is 13.5. The molecule has 0 unspecified atom stereocenters. The van der Waals surface area contributed by atoms with Gasteiger partial charge in [0.2, 0.25) is 16.9 Å². The second-order valence-corrected chi connectivity index (χ2v) is 8.20. The summed E-state index contributed by atoms with van der Waals surface area (Å²) in [6.45, 7) is 1.70. The lowest BCUT2D eigenvalue weighted by molar-refractivity contribution is -0.114. The molecule has 134 valence electrons. The normalized spacial score (nSPS) is 11.0. The molecule has 0 radical (unpaired) electrons. The van der Waals surface area contributed by atoms with Crippen molar-refractivity contribution in [1.82, 2.24) is 10.2 Å². The lowest BCUT2D eigenvalue weighted by atomic mass is 10.3. The van der Waals surface area contributed by atoms with Gasteiger partial charge >= 0.3 is 0 Å². The van der Waals surface area contributed by atoms with Crippen molar-refractivity contribution < 1.29 is 22.7 Å². The smallest absolute Gasteiger partial charge is 0.241 e. The molecule has 0 aliphatic rings. The van der Waals surface area contributed by atoms with Gasteiger partial charge in [-0.1, -0.05) is 23.5 Å². The largest absolute Gasteiger partial charge is 0.495 e. The van der Waals surface area contributed by atoms with Crippen LogP contribution in [-0.4, -0.2) is 49.0 Å². The molecule has 11 heteroatoms. The minimum absolute atomic E-state index is 0.205. The number of hydrogen-bond donors (Lipinski definition) is 2. The number of hydrogen-bond acceptors (Lipinski definition) is 8. The number of rotatable bonds is 7. The second kappa shape index (κ2) is 8.03. The van der Waals surface area contributed by atoms with E-state index in [2.05, 4.69) is 20.8 Å². The Morgan fingerprint density at radius 1 is 1.12 bits per heavy atom. The highest BCUT2D eigenvalue weighted by molar-refractivity contribution is 7.92. The number of nitrogens with one attached hydrogen (secondary N) is 2. The number of nitrogens with zero attached hydrogens (tertiary/aromatic N) is 2. The van der Waals surface area contributed by atoms with Gasteiger partial charge in [-0.05, 0) is 19.1 Å². The van der Waals surface area contributed by atoms with Crippen molar-refractivity contribution in [1.29, 1.82) is 0 Å². The van der Waals surface area contributed by atoms with E-state index in [9.17, 15) is 18.0 Å². The number of sulfone groups is 1. The predicted molar refractivity (Wildman–Crippen MR) is 93.6 cm³/mol. The number of aryl methyl sites for hydroxylation is 1. The number of aromatic nitrogens is 2. The Hall–Kier alpha value is -2.53. The van der Waals surface area contributed by atoms with Gasteiger partial charge in [-0.3, -0.25) is 14.9 Å². The molecular weight excluding hydrogens is 368 g/mol. The third kappa shape index (κ3) is 5.80. The number of para-hydroxylation sites is 2. The van der Waals surface area contributed by atoms with Crippen LogP contribution < -0.4 is 15.4 Å². The maximum atomic E-state index is 12.0. The van der Waals surface area contributed by atoms with E-state index in [1.54, 1.807) is 31.2 Å². The van der Waals surface area contributed by atoms with Gasteiger partial charge in [-0.15, -0.1) is 10.2 Å². The highest BCUT2D eigenvalue weighted by Gasteiger charge is 2.22. The number of amides is 2. The Morgan fingerprint density at radius 3 is 2.36 bits per heavy atom. The summed E-state index contributed by atoms with van der Waals surface area (Å²) in [5, 5.41) is 13.0. The molecule has 0 aliphatic carbocycles. The van der Waals surface area contributed by atoms with Gasteiger partial charge in [-0.2, -0.15) is 0 Å². The van der Waals surface area contributed by atoms with Crippen LogP contribution in [0.1, 0.15) is 5.01 Å². The van der Waals surface area contributed by atoms with Gasteiger partial charge in [0.1, 0.15) is 22.3 Å². The van der Waals surface area contributed by atoms with Crippen LogP contribution in [0, 0.1) is 6.92 Å². The summed E-state index contributed by atoms with van der Waals surface area (Å²) in [6, 6.07) is 6.59. The highest BCUT2D eigenvalue weighted by Crippen LogP contribution is 2.22. The van der Waals surface area contributed by atoms with E-state index >= 15 is 0 Å². The fraction of sp³-hybridized carbons (Fsp3) is 0.286. The van der Waals surface area contributed by atoms with Gasteiger partial charge in [-0.25, -0.2) is 8.42 Å². The molecule has 25 heavy (non-hydrogen) atoms. The van der Waals surface area contributed by atoms with Gasteiger partial charge < -0.3 is 10.1 Å². The van der Waals surface area contributed by atoms with E-state index < -0.39 is 33.2 Å². The van der Waals surface area contributed by atoms with Crippen molar-refractivity contribution in [3.8, 4) is 5.75 Å². The minimum Gasteiger partial charge on any atom is -0.495 e. The van der Waals surface area contributed by atoms with Crippen molar-refractivity contribution in [2.24, 2.45) is 0 Å². The average molecular weight is 384 g/mol. The topological polar surface area (TPSA) is 127 Å². The summed E-state index contributed by atoms with van der Waals surface area (Å²) in [6.07, 6.45) is 0. The van der Waals surface area contributed by atoms with Crippen LogP contribution >= 0.6 is 11.3 Å². The number of ether oxygens (including phenoxy) is 1. The molecule has 0 saturated carbocycles. The maximum Gasteiger partial charge on any atom is 0.241 e. The first-order valence-corrected chi connectivity index (χ1v) is 9.66. The number of anilines is 2. The summed E-state index contributed by atoms with van der Waals surface area (Å²) in [5.41, 5.74) is 0.346. The number of methoxy groups -OCH3 is 1. The van der Waals surface area contributed by atoms with Crippen LogP contribution in [0.2, 0.25) is 0 Å². The van der Waals surface area contributed by atoms with Crippen LogP contribution in [0.15, 0.2) is 24.3 Å². The molecule has 9 nitrogen and oxygen atoms in total. The van der Waals surface area contributed by atoms with Gasteiger partial charge in [0, 0.05) is 0 Å². The Balaban J connectivity index is 1.93. The summed E-state index contributed by atoms with van der Waals surface area (Å²) in [7, 11) is -2.51. The Kier molecular flexibility index (Phi) is 6.04. The standard InChI is InChI=1S/C14H16N4O5S2/c1-9-17-18-14(24-9)16-13(20)8-25(21,22)7-12(19)15-10-5-3-4-6-11(10)23-2/h3-6H,7-8H2,1-2H3,(H,15,19)(H,16,18,20). The molecule has 1 aromatic carbocycles. The van der Waals surface area contributed by atoms with Crippen LogP contribution in [0.5, 0.6) is 5.75 Å². The first-order chi connectivity index (χ1) is 11.8. The van der Waals surface area contributed by atoms with Crippen molar-refractivity contribution in [3.05, 3.63) is 29.3 Å². The lowest BCUT2D eigenvalue weighted by Crippen LogP contribution is -2.30. The maximum absolute atomic E-state index is 12.0. The Labute approximate surface area is 148 Å². The predicted octanol–water partition coefficient (Wildman–Crippen LogP) is 0.847. The fourth-order valence-corrected chi connectivity index (χ4v) is 3.54. The summed E-state index contributed by atoms with van der Waals surface area (Å²) in [4.78, 5) is 23.7. The third-order valence-corrected chi connectivity index (χ3v) is 5.01. The molecule has 0 aliphatic heterocycles. The molecule has 0 fully saturated rings. The second-order valence-electron chi connectivity index (χ2n) is 4.96. The Bertz CT molecular complexity index is 879. The van der Waals surface area contributed by atoms with Crippen LogP contribution in [0.25, 0.3) is 0 Å². The monoisotopic (exact) mass is 384 g/mol. The lowest BCUT2D eigenvalue weighted by Gasteiger charge is -2.10. The molecule has 2 N–H and O–H groups in total. The molecule has 0 bridgehead atoms. The van der Waals surface area contributed by atoms with E-state index in [1.807, 2.05) is 0 Å². The van der Waals surface area contributed by atoms with Gasteiger partial charge in [0.15, 0.2) is 9.84 Å². The summed E-state index contributed by atoms with van der Waals surface area (Å²) >= 11 is 1.12. The summed E-state index contributed by atoms with van der Waals surface area (Å²) in [5.74, 6) is -2.79. The fourth-order valence-electron chi connectivity index (χ4n) is 1.89. The molecule has 1 heterocycles. The van der Waals surface area contributed by atoms with E-state index in [4.69, 9.17) is 4.74 Å². The van der Waals surface area contributed by atoms with Crippen LogP contribution in [0.3, 0.4) is 0 Å². The molecule has 0 saturated heterocycles. The average Bonchev–Trinajstić information content (AvgIpc) is 2.91. The van der Waals surface area contributed by atoms with E-state index in [1.165, 1.54) is 7.11 Å². The molecular formula is C14H16N4O5S2. The Morgan fingerprint density at radius 2 is 1.76 bits per heavy atom. The zero-order chi connectivity index (χ0) is 18.4. The van der Waals surface area contributed by atoms with Crippen molar-refractivity contribution in [2.75, 3.05) is 29.2 Å². The zero-order valence-corrected chi connectivity index (χ0v) is 15.1.